The van der Waals surface area contributed by atoms with Crippen LogP contribution in [0, 0.1) is 11.3 Å². The Morgan fingerprint density at radius 3 is 2.60 bits per heavy atom. The van der Waals surface area contributed by atoms with Crippen LogP contribution in [0.25, 0.3) is 11.4 Å². The summed E-state index contributed by atoms with van der Waals surface area (Å²) in [5.74, 6) is 0.526. The summed E-state index contributed by atoms with van der Waals surface area (Å²) in [7, 11) is 0. The second-order valence-corrected chi connectivity index (χ2v) is 12.7. The maximum atomic E-state index is 15.3. The Kier molecular flexibility index (Phi) is 9.05. The number of alkyl halides is 1. The second kappa shape index (κ2) is 13.7. The molecular formula is C34H38FN9O4. The molecule has 0 spiro atoms. The van der Waals surface area contributed by atoms with E-state index in [1.54, 1.807) is 18.2 Å². The summed E-state index contributed by atoms with van der Waals surface area (Å²) in [6, 6.07) is 14.9. The molecule has 48 heavy (non-hydrogen) atoms. The average Bonchev–Trinajstić information content (AvgIpc) is 3.52. The van der Waals surface area contributed by atoms with Gasteiger partial charge in [0.25, 0.3) is 0 Å². The van der Waals surface area contributed by atoms with Crippen molar-refractivity contribution < 1.29 is 23.5 Å². The van der Waals surface area contributed by atoms with Gasteiger partial charge in [-0.25, -0.2) is 14.4 Å². The Labute approximate surface area is 278 Å². The fraction of sp³-hybridized carbons (Fsp3) is 0.471. The van der Waals surface area contributed by atoms with Crippen LogP contribution in [0.5, 0.6) is 5.75 Å². The molecule has 0 saturated carbocycles. The van der Waals surface area contributed by atoms with E-state index < -0.39 is 18.3 Å². The molecule has 250 valence electrons. The van der Waals surface area contributed by atoms with Crippen molar-refractivity contribution in [3.63, 3.8) is 0 Å². The number of benzene rings is 2. The lowest BCUT2D eigenvalue weighted by atomic mass is 9.97. The number of carbonyl (C=O) groups excluding carboxylic acids is 2. The average molecular weight is 656 g/mol. The van der Waals surface area contributed by atoms with Crippen LogP contribution < -0.4 is 20.3 Å². The number of likely N-dealkylation sites (tertiary alicyclic amines) is 1. The molecular weight excluding hydrogens is 617 g/mol. The molecule has 2 aromatic carbocycles. The van der Waals surface area contributed by atoms with Gasteiger partial charge in [-0.2, -0.15) is 10.2 Å². The van der Waals surface area contributed by atoms with Crippen molar-refractivity contribution in [3.05, 3.63) is 54.4 Å². The van der Waals surface area contributed by atoms with E-state index in [-0.39, 0.29) is 42.1 Å². The smallest absolute Gasteiger partial charge is 0.245 e. The van der Waals surface area contributed by atoms with Gasteiger partial charge in [-0.1, -0.05) is 0 Å². The summed E-state index contributed by atoms with van der Waals surface area (Å²) in [6.07, 6.45) is 0.0584. The van der Waals surface area contributed by atoms with E-state index in [2.05, 4.69) is 53.6 Å². The predicted molar refractivity (Wildman–Crippen MR) is 174 cm³/mol. The van der Waals surface area contributed by atoms with Gasteiger partial charge in [-0.05, 0) is 55.8 Å². The molecule has 5 heterocycles. The Hall–Kier alpha value is -4.87. The van der Waals surface area contributed by atoms with Gasteiger partial charge in [0.2, 0.25) is 17.8 Å². The minimum Gasteiger partial charge on any atom is -0.486 e. The van der Waals surface area contributed by atoms with Crippen molar-refractivity contribution >= 4 is 29.1 Å². The summed E-state index contributed by atoms with van der Waals surface area (Å²) in [6.45, 7) is 7.39. The monoisotopic (exact) mass is 655 g/mol. The molecule has 2 N–H and O–H groups in total. The van der Waals surface area contributed by atoms with E-state index >= 15 is 4.39 Å². The first-order valence-electron chi connectivity index (χ1n) is 16.4. The van der Waals surface area contributed by atoms with Gasteiger partial charge in [0.15, 0.2) is 12.0 Å². The van der Waals surface area contributed by atoms with E-state index in [1.165, 1.54) is 16.9 Å². The molecule has 14 heteroatoms. The minimum atomic E-state index is -1.46. The Bertz CT molecular complexity index is 1690. The largest absolute Gasteiger partial charge is 0.486 e. The van der Waals surface area contributed by atoms with Crippen molar-refractivity contribution in [3.8, 4) is 23.2 Å². The van der Waals surface area contributed by atoms with Crippen LogP contribution in [-0.4, -0.2) is 113 Å². The van der Waals surface area contributed by atoms with Gasteiger partial charge in [0, 0.05) is 62.0 Å². The number of anilines is 3. The topological polar surface area (TPSA) is 149 Å². The lowest BCUT2D eigenvalue weighted by Crippen LogP contribution is -2.57. The Morgan fingerprint density at radius 1 is 1.12 bits per heavy atom. The highest BCUT2D eigenvalue weighted by molar-refractivity contribution is 5.91. The zero-order chi connectivity index (χ0) is 33.2. The van der Waals surface area contributed by atoms with Crippen LogP contribution in [0.1, 0.15) is 31.7 Å². The number of piperidine rings is 1. The van der Waals surface area contributed by atoms with Gasteiger partial charge in [-0.3, -0.25) is 14.5 Å². The number of hydrogen-bond donors (Lipinski definition) is 2. The van der Waals surface area contributed by atoms with Crippen molar-refractivity contribution in [1.29, 1.82) is 5.26 Å². The van der Waals surface area contributed by atoms with E-state index in [9.17, 15) is 14.9 Å². The molecule has 4 atom stereocenters. The number of halogens is 1. The molecule has 2 amide bonds. The van der Waals surface area contributed by atoms with E-state index in [0.29, 0.717) is 36.2 Å². The lowest BCUT2D eigenvalue weighted by molar-refractivity contribution is -0.141. The number of aromatic nitrogens is 3. The molecule has 1 unspecified atom stereocenters. The van der Waals surface area contributed by atoms with Crippen LogP contribution >= 0.6 is 0 Å². The van der Waals surface area contributed by atoms with Crippen molar-refractivity contribution in [2.75, 3.05) is 56.2 Å². The fourth-order valence-corrected chi connectivity index (χ4v) is 6.71. The summed E-state index contributed by atoms with van der Waals surface area (Å²) < 4.78 is 26.7. The maximum absolute atomic E-state index is 15.3. The van der Waals surface area contributed by atoms with Gasteiger partial charge in [-0.15, -0.1) is 0 Å². The Balaban J connectivity index is 0.969. The molecule has 0 radical (unpaired) electrons. The second-order valence-electron chi connectivity index (χ2n) is 12.7. The molecule has 4 saturated heterocycles. The third-order valence-corrected chi connectivity index (χ3v) is 9.60. The van der Waals surface area contributed by atoms with Crippen molar-refractivity contribution in [2.24, 2.45) is 0 Å². The number of nitrogens with zero attached hydrogens (tertiary/aromatic N) is 7. The number of nitriles is 1. The quantitative estimate of drug-likeness (QED) is 0.369. The van der Waals surface area contributed by atoms with Crippen LogP contribution in [0.3, 0.4) is 0 Å². The fourth-order valence-electron chi connectivity index (χ4n) is 6.71. The standard InChI is InChI=1S/C34H38FN9O4/c1-21-14-30(27(35)17-44(21)33(46)28-7-9-31(45)40-28)48-29-8-2-22(15-23(29)16-36)32-37-20-38-34(41-32)39-24-3-5-25(6-4-24)42-10-12-43(13-11-42)26-18-47-19-26/h2-6,8,15,20-21,26-28,30H,7,9-14,17-19H2,1H3,(H,40,45)(H,37,38,39,41)/t21-,27-,28-,30?/m0/s1. The summed E-state index contributed by atoms with van der Waals surface area (Å²) in [5, 5.41) is 15.8. The molecule has 4 aliphatic heterocycles. The van der Waals surface area contributed by atoms with E-state index in [1.807, 2.05) is 19.1 Å². The molecule has 0 aliphatic carbocycles. The summed E-state index contributed by atoms with van der Waals surface area (Å²) in [4.78, 5) is 44.0. The third kappa shape index (κ3) is 6.74. The molecule has 13 nitrogen and oxygen atoms in total. The summed E-state index contributed by atoms with van der Waals surface area (Å²) >= 11 is 0. The van der Waals surface area contributed by atoms with Crippen LogP contribution in [-0.2, 0) is 14.3 Å². The molecule has 7 rings (SSSR count). The first kappa shape index (κ1) is 31.7. The number of nitrogens with one attached hydrogen (secondary N) is 2. The summed E-state index contributed by atoms with van der Waals surface area (Å²) in [5.41, 5.74) is 2.79. The van der Waals surface area contributed by atoms with E-state index in [0.717, 1.165) is 45.1 Å². The SMILES string of the molecule is C[C@H]1CC(Oc2ccc(-c3ncnc(Nc4ccc(N5CCN(C6COC6)CC5)cc4)n3)cc2C#N)[C@@H](F)CN1C(=O)[C@@H]1CCC(=O)N1. The number of rotatable bonds is 8. The maximum Gasteiger partial charge on any atom is 0.245 e. The highest BCUT2D eigenvalue weighted by atomic mass is 19.1. The van der Waals surface area contributed by atoms with Crippen molar-refractivity contribution in [1.82, 2.24) is 30.1 Å². The van der Waals surface area contributed by atoms with Gasteiger partial charge >= 0.3 is 0 Å². The lowest BCUT2D eigenvalue weighted by Gasteiger charge is -2.43. The molecule has 0 bridgehead atoms. The Morgan fingerprint density at radius 2 is 1.92 bits per heavy atom. The van der Waals surface area contributed by atoms with Gasteiger partial charge in [0.05, 0.1) is 31.4 Å². The first-order chi connectivity index (χ1) is 23.3. The highest BCUT2D eigenvalue weighted by Gasteiger charge is 2.41. The van der Waals surface area contributed by atoms with Crippen LogP contribution in [0.2, 0.25) is 0 Å². The number of carbonyl (C=O) groups is 2. The van der Waals surface area contributed by atoms with Crippen molar-refractivity contribution in [2.45, 2.75) is 56.6 Å². The zero-order valence-electron chi connectivity index (χ0n) is 26.7. The molecule has 4 aliphatic rings. The molecule has 3 aromatic rings. The normalized spacial score (nSPS) is 24.8. The number of hydrogen-bond acceptors (Lipinski definition) is 11. The van der Waals surface area contributed by atoms with Gasteiger partial charge < -0.3 is 29.9 Å². The minimum absolute atomic E-state index is 0.145. The molecule has 4 fully saturated rings. The number of amides is 2. The highest BCUT2D eigenvalue weighted by Crippen LogP contribution is 2.31. The zero-order valence-corrected chi connectivity index (χ0v) is 26.7. The number of piperazine rings is 1. The van der Waals surface area contributed by atoms with Crippen LogP contribution in [0.4, 0.5) is 21.7 Å². The number of ether oxygens (including phenoxy) is 2. The first-order valence-corrected chi connectivity index (χ1v) is 16.4. The molecule has 1 aromatic heterocycles. The van der Waals surface area contributed by atoms with Gasteiger partial charge in [0.1, 0.15) is 30.3 Å². The van der Waals surface area contributed by atoms with E-state index in [4.69, 9.17) is 9.47 Å². The van der Waals surface area contributed by atoms with Crippen LogP contribution in [0.15, 0.2) is 48.8 Å². The third-order valence-electron chi connectivity index (χ3n) is 9.60. The predicted octanol–water partition coefficient (Wildman–Crippen LogP) is 2.66.